The molecule has 1 saturated heterocycles. The number of nitrogens with one attached hydrogen (secondary N) is 2. The van der Waals surface area contributed by atoms with Gasteiger partial charge in [-0.15, -0.1) is 0 Å². The molecule has 2 heterocycles. The molecule has 2 N–H and O–H groups in total. The average molecular weight is 499 g/mol. The Bertz CT molecular complexity index is 1480. The van der Waals surface area contributed by atoms with Gasteiger partial charge in [-0.05, 0) is 79.9 Å². The van der Waals surface area contributed by atoms with Crippen LogP contribution in [-0.4, -0.2) is 41.6 Å². The molecule has 1 aliphatic heterocycles. The van der Waals surface area contributed by atoms with E-state index in [1.165, 1.54) is 13.0 Å². The van der Waals surface area contributed by atoms with E-state index in [4.69, 9.17) is 0 Å². The lowest BCUT2D eigenvalue weighted by atomic mass is 9.98. The maximum absolute atomic E-state index is 15.0. The van der Waals surface area contributed by atoms with Crippen molar-refractivity contribution < 1.29 is 14.0 Å². The molecular weight excluding hydrogens is 467 g/mol. The molecule has 1 amide bonds. The first kappa shape index (κ1) is 24.7. The highest BCUT2D eigenvalue weighted by Crippen LogP contribution is 2.30. The van der Waals surface area contributed by atoms with Crippen LogP contribution in [0.25, 0.3) is 22.0 Å². The summed E-state index contributed by atoms with van der Waals surface area (Å²) in [6.07, 6.45) is 1.71. The predicted octanol–water partition coefficient (Wildman–Crippen LogP) is 5.59. The Hall–Kier alpha value is -3.97. The minimum atomic E-state index is -0.275. The van der Waals surface area contributed by atoms with Crippen LogP contribution in [0.15, 0.2) is 66.9 Å². The highest BCUT2D eigenvalue weighted by Gasteiger charge is 2.24. The van der Waals surface area contributed by atoms with Gasteiger partial charge < -0.3 is 15.5 Å². The van der Waals surface area contributed by atoms with E-state index in [0.29, 0.717) is 35.2 Å². The molecule has 0 radical (unpaired) electrons. The van der Waals surface area contributed by atoms with Crippen LogP contribution in [0.2, 0.25) is 0 Å². The zero-order chi connectivity index (χ0) is 26.3. The van der Waals surface area contributed by atoms with Gasteiger partial charge in [-0.25, -0.2) is 4.39 Å². The molecular formula is C30H31FN4O2. The fourth-order valence-corrected chi connectivity index (χ4v) is 5.29. The molecule has 0 bridgehead atoms. The number of hydrogen-bond acceptors (Lipinski definition) is 4. The van der Waals surface area contributed by atoms with Crippen LogP contribution in [0.5, 0.6) is 0 Å². The quantitative estimate of drug-likeness (QED) is 0.385. The lowest BCUT2D eigenvalue weighted by molar-refractivity contribution is -0.114. The number of carbonyl (C=O) groups excluding carboxylic acids is 2. The topological polar surface area (TPSA) is 66.4 Å². The number of fused-ring (bicyclic) bond motifs is 1. The zero-order valence-corrected chi connectivity index (χ0v) is 21.5. The van der Waals surface area contributed by atoms with Gasteiger partial charge in [-0.1, -0.05) is 18.2 Å². The third-order valence-electron chi connectivity index (χ3n) is 6.87. The van der Waals surface area contributed by atoms with E-state index in [1.807, 2.05) is 49.4 Å². The molecule has 4 aromatic rings. The van der Waals surface area contributed by atoms with Crippen molar-refractivity contribution in [3.05, 3.63) is 83.8 Å². The Balaban J connectivity index is 1.43. The number of nitrogens with zero attached hydrogens (tertiary/aromatic N) is 2. The Morgan fingerprint density at radius 3 is 2.32 bits per heavy atom. The smallest absolute Gasteiger partial charge is 0.262 e. The summed E-state index contributed by atoms with van der Waals surface area (Å²) in [6.45, 7) is 9.06. The number of anilines is 2. The fraction of sp³-hybridized carbons (Fsp3) is 0.267. The number of benzene rings is 3. The van der Waals surface area contributed by atoms with Crippen molar-refractivity contribution in [3.63, 3.8) is 0 Å². The monoisotopic (exact) mass is 498 g/mol. The molecule has 0 spiro atoms. The number of aromatic nitrogens is 1. The van der Waals surface area contributed by atoms with Crippen molar-refractivity contribution in [2.24, 2.45) is 0 Å². The van der Waals surface area contributed by atoms with Gasteiger partial charge >= 0.3 is 0 Å². The molecule has 7 heteroatoms. The van der Waals surface area contributed by atoms with Gasteiger partial charge in [0.1, 0.15) is 5.82 Å². The summed E-state index contributed by atoms with van der Waals surface area (Å²) in [5, 5.41) is 6.96. The maximum atomic E-state index is 15.0. The van der Waals surface area contributed by atoms with Crippen molar-refractivity contribution in [2.75, 3.05) is 23.3 Å². The Kier molecular flexibility index (Phi) is 6.56. The maximum Gasteiger partial charge on any atom is 0.262 e. The van der Waals surface area contributed by atoms with Gasteiger partial charge in [-0.3, -0.25) is 14.2 Å². The summed E-state index contributed by atoms with van der Waals surface area (Å²) < 4.78 is 16.6. The molecule has 2 atom stereocenters. The van der Waals surface area contributed by atoms with E-state index in [1.54, 1.807) is 22.9 Å². The second-order valence-electron chi connectivity index (χ2n) is 10.0. The molecule has 1 aliphatic rings. The Morgan fingerprint density at radius 2 is 1.68 bits per heavy atom. The Morgan fingerprint density at radius 1 is 0.973 bits per heavy atom. The number of piperazine rings is 1. The number of halogens is 1. The molecule has 5 rings (SSSR count). The van der Waals surface area contributed by atoms with Crippen LogP contribution >= 0.6 is 0 Å². The van der Waals surface area contributed by atoms with Crippen LogP contribution < -0.4 is 15.5 Å². The molecule has 3 aromatic carbocycles. The van der Waals surface area contributed by atoms with Crippen LogP contribution in [0.3, 0.4) is 0 Å². The molecule has 0 saturated carbocycles. The van der Waals surface area contributed by atoms with Crippen molar-refractivity contribution in [3.8, 4) is 11.1 Å². The van der Waals surface area contributed by atoms with Gasteiger partial charge in [0.25, 0.3) is 5.91 Å². The summed E-state index contributed by atoms with van der Waals surface area (Å²) in [6, 6.07) is 18.8. The second-order valence-corrected chi connectivity index (χ2v) is 10.0. The average Bonchev–Trinajstić information content (AvgIpc) is 3.25. The second kappa shape index (κ2) is 9.82. The first-order valence-electron chi connectivity index (χ1n) is 12.5. The molecule has 0 aliphatic carbocycles. The standard InChI is InChI=1S/C30H31FN4O2/c1-18-13-25(33-21(4)36)9-10-26(18)22-5-7-23(8-6-22)30(37)35-12-11-24-14-27(31)29(15-28(24)35)34-16-19(2)32-20(3)17-34/h5-15,19-20,32H,16-17H2,1-4H3,(H,33,36)/t19-,20+. The predicted molar refractivity (Wildman–Crippen MR) is 147 cm³/mol. The van der Waals surface area contributed by atoms with E-state index in [9.17, 15) is 9.59 Å². The largest absolute Gasteiger partial charge is 0.366 e. The van der Waals surface area contributed by atoms with E-state index < -0.39 is 0 Å². The van der Waals surface area contributed by atoms with Gasteiger partial charge in [-0.2, -0.15) is 0 Å². The van der Waals surface area contributed by atoms with Crippen LogP contribution in [0.4, 0.5) is 15.8 Å². The lowest BCUT2D eigenvalue weighted by Gasteiger charge is -2.37. The first-order chi connectivity index (χ1) is 17.7. The molecule has 1 fully saturated rings. The highest BCUT2D eigenvalue weighted by molar-refractivity contribution is 6.03. The summed E-state index contributed by atoms with van der Waals surface area (Å²) >= 11 is 0. The third-order valence-corrected chi connectivity index (χ3v) is 6.87. The molecule has 0 unspecified atom stereocenters. The van der Waals surface area contributed by atoms with E-state index >= 15 is 4.39 Å². The summed E-state index contributed by atoms with van der Waals surface area (Å²) in [5.41, 5.74) is 5.53. The van der Waals surface area contributed by atoms with Gasteiger partial charge in [0.2, 0.25) is 5.91 Å². The summed E-state index contributed by atoms with van der Waals surface area (Å²) in [5.74, 6) is -0.554. The van der Waals surface area contributed by atoms with Crippen molar-refractivity contribution >= 4 is 34.1 Å². The highest BCUT2D eigenvalue weighted by atomic mass is 19.1. The summed E-state index contributed by atoms with van der Waals surface area (Å²) in [4.78, 5) is 26.9. The number of carbonyl (C=O) groups is 2. The molecule has 37 heavy (non-hydrogen) atoms. The first-order valence-corrected chi connectivity index (χ1v) is 12.5. The van der Waals surface area contributed by atoms with Crippen molar-refractivity contribution in [2.45, 2.75) is 39.8 Å². The van der Waals surface area contributed by atoms with Gasteiger partial charge in [0, 0.05) is 54.9 Å². The molecule has 1 aromatic heterocycles. The van der Waals surface area contributed by atoms with Crippen LogP contribution in [0.1, 0.15) is 36.7 Å². The van der Waals surface area contributed by atoms with Gasteiger partial charge in [0.15, 0.2) is 0 Å². The van der Waals surface area contributed by atoms with E-state index in [0.717, 1.165) is 22.4 Å². The van der Waals surface area contributed by atoms with Crippen LogP contribution in [0, 0.1) is 12.7 Å². The van der Waals surface area contributed by atoms with E-state index in [2.05, 4.69) is 29.4 Å². The minimum Gasteiger partial charge on any atom is -0.366 e. The van der Waals surface area contributed by atoms with E-state index in [-0.39, 0.29) is 29.7 Å². The number of amides is 1. The SMILES string of the molecule is CC(=O)Nc1ccc(-c2ccc(C(=O)n3ccc4cc(F)c(N5C[C@@H](C)N[C@@H](C)C5)cc43)cc2)c(C)c1. The third kappa shape index (κ3) is 5.00. The number of aryl methyl sites for hydroxylation is 1. The number of rotatable bonds is 4. The lowest BCUT2D eigenvalue weighted by Crippen LogP contribution is -2.54. The number of hydrogen-bond donors (Lipinski definition) is 2. The fourth-order valence-electron chi connectivity index (χ4n) is 5.29. The summed E-state index contributed by atoms with van der Waals surface area (Å²) in [7, 11) is 0. The zero-order valence-electron chi connectivity index (χ0n) is 21.5. The van der Waals surface area contributed by atoms with Gasteiger partial charge in [0.05, 0.1) is 11.2 Å². The normalized spacial score (nSPS) is 17.7. The minimum absolute atomic E-state index is 0.112. The van der Waals surface area contributed by atoms with Crippen molar-refractivity contribution in [1.82, 2.24) is 9.88 Å². The Labute approximate surface area is 216 Å². The molecule has 6 nitrogen and oxygen atoms in total. The van der Waals surface area contributed by atoms with Crippen LogP contribution in [-0.2, 0) is 4.79 Å². The van der Waals surface area contributed by atoms with Crippen molar-refractivity contribution in [1.29, 1.82) is 0 Å². The molecule has 190 valence electrons.